The molecule has 0 aliphatic carbocycles. The Bertz CT molecular complexity index is 580. The van der Waals surface area contributed by atoms with E-state index in [1.165, 1.54) is 6.07 Å². The SMILES string of the molecule is CC(C)C(NCC(=O)N1CCNC1=O)c1ccc(Cl)cc1F. The Morgan fingerprint density at radius 3 is 2.77 bits per heavy atom. The van der Waals surface area contributed by atoms with E-state index in [1.807, 2.05) is 13.8 Å². The van der Waals surface area contributed by atoms with Crippen LogP contribution in [-0.4, -0.2) is 36.5 Å². The molecular formula is C15H19ClFN3O2. The van der Waals surface area contributed by atoms with Crippen LogP contribution in [0.1, 0.15) is 25.5 Å². The van der Waals surface area contributed by atoms with E-state index >= 15 is 0 Å². The predicted molar refractivity (Wildman–Crippen MR) is 82.1 cm³/mol. The molecule has 2 rings (SSSR count). The summed E-state index contributed by atoms with van der Waals surface area (Å²) in [7, 11) is 0. The van der Waals surface area contributed by atoms with Gasteiger partial charge in [-0.2, -0.15) is 0 Å². The van der Waals surface area contributed by atoms with Crippen LogP contribution < -0.4 is 10.6 Å². The molecular weight excluding hydrogens is 309 g/mol. The number of imide groups is 1. The smallest absolute Gasteiger partial charge is 0.324 e. The quantitative estimate of drug-likeness (QED) is 0.872. The molecule has 1 heterocycles. The second-order valence-electron chi connectivity index (χ2n) is 5.55. The molecule has 0 spiro atoms. The van der Waals surface area contributed by atoms with Crippen LogP contribution in [-0.2, 0) is 4.79 Å². The van der Waals surface area contributed by atoms with Gasteiger partial charge in [0.1, 0.15) is 5.82 Å². The molecule has 0 radical (unpaired) electrons. The fourth-order valence-electron chi connectivity index (χ4n) is 2.46. The summed E-state index contributed by atoms with van der Waals surface area (Å²) in [4.78, 5) is 24.6. The van der Waals surface area contributed by atoms with E-state index in [1.54, 1.807) is 12.1 Å². The van der Waals surface area contributed by atoms with Crippen LogP contribution in [0.25, 0.3) is 0 Å². The summed E-state index contributed by atoms with van der Waals surface area (Å²) in [6.07, 6.45) is 0. The fourth-order valence-corrected chi connectivity index (χ4v) is 2.62. The number of nitrogens with zero attached hydrogens (tertiary/aromatic N) is 1. The van der Waals surface area contributed by atoms with Crippen LogP contribution in [0.3, 0.4) is 0 Å². The zero-order valence-corrected chi connectivity index (χ0v) is 13.3. The zero-order valence-electron chi connectivity index (χ0n) is 12.5. The molecule has 2 N–H and O–H groups in total. The first-order valence-electron chi connectivity index (χ1n) is 7.16. The minimum absolute atomic E-state index is 0.0294. The van der Waals surface area contributed by atoms with Gasteiger partial charge in [0.05, 0.1) is 6.54 Å². The van der Waals surface area contributed by atoms with Crippen molar-refractivity contribution in [2.75, 3.05) is 19.6 Å². The number of carbonyl (C=O) groups excluding carboxylic acids is 2. The first-order valence-corrected chi connectivity index (χ1v) is 7.54. The Morgan fingerprint density at radius 2 is 2.23 bits per heavy atom. The molecule has 3 amide bonds. The molecule has 1 saturated heterocycles. The number of hydrogen-bond donors (Lipinski definition) is 2. The highest BCUT2D eigenvalue weighted by Crippen LogP contribution is 2.26. The van der Waals surface area contributed by atoms with Crippen molar-refractivity contribution >= 4 is 23.5 Å². The molecule has 120 valence electrons. The van der Waals surface area contributed by atoms with Crippen LogP contribution in [0.4, 0.5) is 9.18 Å². The summed E-state index contributed by atoms with van der Waals surface area (Å²) < 4.78 is 14.1. The fraction of sp³-hybridized carbons (Fsp3) is 0.467. The number of hydrogen-bond acceptors (Lipinski definition) is 3. The summed E-state index contributed by atoms with van der Waals surface area (Å²) in [6.45, 7) is 4.65. The second-order valence-corrected chi connectivity index (χ2v) is 5.98. The normalized spacial score (nSPS) is 16.0. The van der Waals surface area contributed by atoms with Crippen LogP contribution in [0.15, 0.2) is 18.2 Å². The van der Waals surface area contributed by atoms with Gasteiger partial charge in [0.2, 0.25) is 5.91 Å². The van der Waals surface area contributed by atoms with Crippen molar-refractivity contribution in [3.8, 4) is 0 Å². The first-order chi connectivity index (χ1) is 10.4. The Labute approximate surface area is 133 Å². The molecule has 7 heteroatoms. The van der Waals surface area contributed by atoms with E-state index < -0.39 is 5.82 Å². The number of urea groups is 1. The van der Waals surface area contributed by atoms with Gasteiger partial charge in [-0.05, 0) is 18.1 Å². The molecule has 1 aromatic rings. The third-order valence-corrected chi connectivity index (χ3v) is 3.83. The summed E-state index contributed by atoms with van der Waals surface area (Å²) in [5.41, 5.74) is 0.457. The van der Waals surface area contributed by atoms with Gasteiger partial charge in [-0.3, -0.25) is 9.69 Å². The lowest BCUT2D eigenvalue weighted by molar-refractivity contribution is -0.126. The molecule has 1 atom stereocenters. The Balaban J connectivity index is 2.06. The molecule has 0 aromatic heterocycles. The van der Waals surface area contributed by atoms with Crippen molar-refractivity contribution in [1.29, 1.82) is 0 Å². The number of benzene rings is 1. The van der Waals surface area contributed by atoms with Crippen molar-refractivity contribution < 1.29 is 14.0 Å². The third kappa shape index (κ3) is 3.75. The van der Waals surface area contributed by atoms with E-state index in [0.717, 1.165) is 4.90 Å². The van der Waals surface area contributed by atoms with E-state index in [0.29, 0.717) is 23.7 Å². The maximum absolute atomic E-state index is 14.1. The van der Waals surface area contributed by atoms with Crippen LogP contribution in [0.5, 0.6) is 0 Å². The lowest BCUT2D eigenvalue weighted by Gasteiger charge is -2.24. The van der Waals surface area contributed by atoms with Gasteiger partial charge in [0.25, 0.3) is 0 Å². The monoisotopic (exact) mass is 327 g/mol. The van der Waals surface area contributed by atoms with Crippen molar-refractivity contribution in [3.63, 3.8) is 0 Å². The molecule has 5 nitrogen and oxygen atoms in total. The summed E-state index contributed by atoms with van der Waals surface area (Å²) in [5.74, 6) is -0.670. The standard InChI is InChI=1S/C15H19ClFN3O2/c1-9(2)14(11-4-3-10(16)7-12(11)17)19-8-13(21)20-6-5-18-15(20)22/h3-4,7,9,14,19H,5-6,8H2,1-2H3,(H,18,22). The second kappa shape index (κ2) is 7.07. The summed E-state index contributed by atoms with van der Waals surface area (Å²) in [5, 5.41) is 5.94. The summed E-state index contributed by atoms with van der Waals surface area (Å²) in [6, 6.07) is 3.76. The number of rotatable bonds is 5. The maximum Gasteiger partial charge on any atom is 0.324 e. The highest BCUT2D eigenvalue weighted by Gasteiger charge is 2.27. The zero-order chi connectivity index (χ0) is 16.3. The van der Waals surface area contributed by atoms with Crippen molar-refractivity contribution in [3.05, 3.63) is 34.6 Å². The van der Waals surface area contributed by atoms with E-state index in [2.05, 4.69) is 10.6 Å². The third-order valence-electron chi connectivity index (χ3n) is 3.60. The van der Waals surface area contributed by atoms with Gasteiger partial charge in [0, 0.05) is 29.7 Å². The van der Waals surface area contributed by atoms with E-state index in [9.17, 15) is 14.0 Å². The lowest BCUT2D eigenvalue weighted by atomic mass is 9.95. The van der Waals surface area contributed by atoms with Crippen molar-refractivity contribution in [2.24, 2.45) is 5.92 Å². The molecule has 0 saturated carbocycles. The Morgan fingerprint density at radius 1 is 1.50 bits per heavy atom. The molecule has 22 heavy (non-hydrogen) atoms. The van der Waals surface area contributed by atoms with Gasteiger partial charge in [-0.15, -0.1) is 0 Å². The highest BCUT2D eigenvalue weighted by atomic mass is 35.5. The van der Waals surface area contributed by atoms with Crippen LogP contribution >= 0.6 is 11.6 Å². The van der Waals surface area contributed by atoms with Crippen LogP contribution in [0.2, 0.25) is 5.02 Å². The number of carbonyl (C=O) groups is 2. The molecule has 1 fully saturated rings. The maximum atomic E-state index is 14.1. The van der Waals surface area contributed by atoms with Gasteiger partial charge >= 0.3 is 6.03 Å². The average Bonchev–Trinajstić information content (AvgIpc) is 2.86. The van der Waals surface area contributed by atoms with Gasteiger partial charge < -0.3 is 10.6 Å². The molecule has 1 aliphatic rings. The predicted octanol–water partition coefficient (Wildman–Crippen LogP) is 2.32. The molecule has 1 unspecified atom stereocenters. The minimum atomic E-state index is -0.412. The molecule has 0 bridgehead atoms. The molecule has 1 aliphatic heterocycles. The average molecular weight is 328 g/mol. The van der Waals surface area contributed by atoms with E-state index in [4.69, 9.17) is 11.6 Å². The lowest BCUT2D eigenvalue weighted by Crippen LogP contribution is -2.42. The van der Waals surface area contributed by atoms with Gasteiger partial charge in [0.15, 0.2) is 0 Å². The van der Waals surface area contributed by atoms with Gasteiger partial charge in [-0.1, -0.05) is 31.5 Å². The Hall–Kier alpha value is -1.66. The number of halogens is 2. The number of amides is 3. The van der Waals surface area contributed by atoms with Crippen molar-refractivity contribution in [2.45, 2.75) is 19.9 Å². The Kier molecular flexibility index (Phi) is 5.37. The number of nitrogens with one attached hydrogen (secondary N) is 2. The largest absolute Gasteiger partial charge is 0.336 e. The topological polar surface area (TPSA) is 61.4 Å². The van der Waals surface area contributed by atoms with Crippen LogP contribution in [0, 0.1) is 11.7 Å². The van der Waals surface area contributed by atoms with Gasteiger partial charge in [-0.25, -0.2) is 9.18 Å². The first kappa shape index (κ1) is 16.7. The summed E-state index contributed by atoms with van der Waals surface area (Å²) >= 11 is 5.77. The highest BCUT2D eigenvalue weighted by molar-refractivity contribution is 6.30. The van der Waals surface area contributed by atoms with E-state index in [-0.39, 0.29) is 30.4 Å². The van der Waals surface area contributed by atoms with Crippen molar-refractivity contribution in [1.82, 2.24) is 15.5 Å². The minimum Gasteiger partial charge on any atom is -0.336 e. The molecule has 1 aromatic carbocycles.